The molecule has 3 rings (SSSR count). The Labute approximate surface area is 222 Å². The highest BCUT2D eigenvalue weighted by Gasteiger charge is 2.53. The molecule has 1 saturated heterocycles. The van der Waals surface area contributed by atoms with Crippen molar-refractivity contribution in [2.75, 3.05) is 33.3 Å². The van der Waals surface area contributed by atoms with Gasteiger partial charge in [0, 0.05) is 31.1 Å². The first-order chi connectivity index (χ1) is 17.9. The second-order valence-electron chi connectivity index (χ2n) is 10.6. The molecule has 0 amide bonds. The fourth-order valence-corrected chi connectivity index (χ4v) is 5.67. The van der Waals surface area contributed by atoms with E-state index in [-0.39, 0.29) is 32.2 Å². The van der Waals surface area contributed by atoms with Gasteiger partial charge in [-0.3, -0.25) is 0 Å². The summed E-state index contributed by atoms with van der Waals surface area (Å²) in [6.07, 6.45) is -3.60. The van der Waals surface area contributed by atoms with Gasteiger partial charge in [0.15, 0.2) is 12.2 Å². The van der Waals surface area contributed by atoms with Crippen LogP contribution in [-0.2, 0) is 14.2 Å². The first kappa shape index (κ1) is 30.9. The van der Waals surface area contributed by atoms with E-state index in [0.717, 1.165) is 0 Å². The molecule has 0 aromatic heterocycles. The Morgan fingerprint density at radius 3 is 2.61 bits per heavy atom. The Balaban J connectivity index is 1.90. The highest BCUT2D eigenvalue weighted by Crippen LogP contribution is 2.37. The number of nitrogens with two attached hydrogens (primary N) is 5. The normalized spacial score (nSPS) is 42.6. The second kappa shape index (κ2) is 13.1. The van der Waals surface area contributed by atoms with E-state index >= 15 is 0 Å². The summed E-state index contributed by atoms with van der Waals surface area (Å²) in [6, 6.07) is -2.40. The number of rotatable bonds is 10. The molecule has 1 aliphatic carbocycles. The minimum absolute atomic E-state index is 0.0379. The van der Waals surface area contributed by atoms with E-state index in [4.69, 9.17) is 42.9 Å². The maximum atomic E-state index is 11.7. The number of likely N-dealkylation sites (N-methyl/N-ethyl adjacent to an activating group) is 1. The van der Waals surface area contributed by atoms with E-state index in [1.165, 1.54) is 0 Å². The molecule has 15 nitrogen and oxygen atoms in total. The van der Waals surface area contributed by atoms with Crippen LogP contribution in [0, 0.1) is 5.92 Å². The summed E-state index contributed by atoms with van der Waals surface area (Å²) < 4.78 is 18.0. The molecule has 2 aliphatic heterocycles. The second-order valence-corrected chi connectivity index (χ2v) is 10.6. The summed E-state index contributed by atoms with van der Waals surface area (Å²) in [7, 11) is 1.61. The van der Waals surface area contributed by atoms with Gasteiger partial charge in [-0.15, -0.1) is 0 Å². The lowest BCUT2D eigenvalue weighted by atomic mass is 9.72. The summed E-state index contributed by atoms with van der Waals surface area (Å²) >= 11 is 0. The minimum Gasteiger partial charge on any atom is -0.491 e. The number of hydrogen-bond donors (Lipinski definition) is 11. The van der Waals surface area contributed by atoms with Crippen molar-refractivity contribution in [2.24, 2.45) is 39.6 Å². The molecule has 3 aliphatic rings. The van der Waals surface area contributed by atoms with Gasteiger partial charge in [-0.25, -0.2) is 4.99 Å². The molecule has 220 valence electrons. The van der Waals surface area contributed by atoms with Crippen molar-refractivity contribution in [3.8, 4) is 0 Å². The Morgan fingerprint density at radius 2 is 2.00 bits per heavy atom. The zero-order chi connectivity index (χ0) is 28.2. The molecule has 15 heteroatoms. The van der Waals surface area contributed by atoms with E-state index in [9.17, 15) is 20.4 Å². The number of aliphatic hydroxyl groups is 4. The van der Waals surface area contributed by atoms with Crippen molar-refractivity contribution in [3.05, 3.63) is 11.8 Å². The lowest BCUT2D eigenvalue weighted by Gasteiger charge is -2.50. The fraction of sp³-hybridized carbons (Fsp3) is 0.870. The molecule has 0 aromatic rings. The third kappa shape index (κ3) is 6.92. The van der Waals surface area contributed by atoms with E-state index in [0.29, 0.717) is 18.6 Å². The van der Waals surface area contributed by atoms with Crippen molar-refractivity contribution < 1.29 is 34.6 Å². The average molecular weight is 547 g/mol. The molecule has 0 aromatic carbocycles. The molecule has 12 atom stereocenters. The number of hydrogen-bond acceptors (Lipinski definition) is 13. The van der Waals surface area contributed by atoms with Crippen LogP contribution < -0.4 is 39.3 Å². The summed E-state index contributed by atoms with van der Waals surface area (Å²) in [5.74, 6) is -0.283. The molecular weight excluding hydrogens is 500 g/mol. The molecule has 16 N–H and O–H groups in total. The van der Waals surface area contributed by atoms with Crippen LogP contribution in [-0.4, -0.2) is 126 Å². The first-order valence-corrected chi connectivity index (χ1v) is 13.0. The highest BCUT2D eigenvalue weighted by atomic mass is 16.7. The molecule has 12 unspecified atom stereocenters. The topological polar surface area (TPSA) is 275 Å². The van der Waals surface area contributed by atoms with Gasteiger partial charge in [-0.05, 0) is 32.9 Å². The third-order valence-corrected chi connectivity index (χ3v) is 7.62. The number of aliphatic hydroxyl groups excluding tert-OH is 3. The standard InChI is InChI=1S/C23H46N8O7/c1-23(35)9-36-21(17(34)20(23)29-2)38-19-14(30-8-10(32)6-24)5-12(26)15(16(19)33)18-13(31-22(27)28)4-3-11(7-25)37-18/h3,10,12-21,29-30,32-35H,4-9,24-26H2,1-2H3,(H4,27,28,31). The van der Waals surface area contributed by atoms with Crippen LogP contribution in [0.3, 0.4) is 0 Å². The van der Waals surface area contributed by atoms with Crippen LogP contribution in [0.2, 0.25) is 0 Å². The van der Waals surface area contributed by atoms with Crippen molar-refractivity contribution in [1.29, 1.82) is 0 Å². The van der Waals surface area contributed by atoms with Gasteiger partial charge in [0.2, 0.25) is 0 Å². The zero-order valence-electron chi connectivity index (χ0n) is 22.0. The Kier molecular flexibility index (Phi) is 10.7. The minimum atomic E-state index is -1.35. The first-order valence-electron chi connectivity index (χ1n) is 13.0. The summed E-state index contributed by atoms with van der Waals surface area (Å²) in [5, 5.41) is 49.4. The lowest BCUT2D eigenvalue weighted by Crippen LogP contribution is -2.69. The SMILES string of the molecule is CNC1C(O)C(OC2C(NCC(O)CN)CC(N)C(C3OC(CN)=CCC3N=C(N)N)C2O)OCC1(C)O. The van der Waals surface area contributed by atoms with Crippen molar-refractivity contribution >= 4 is 5.96 Å². The molecule has 2 fully saturated rings. The molecule has 0 bridgehead atoms. The van der Waals surface area contributed by atoms with Crippen molar-refractivity contribution in [1.82, 2.24) is 10.6 Å². The van der Waals surface area contributed by atoms with Crippen LogP contribution in [0.1, 0.15) is 19.8 Å². The van der Waals surface area contributed by atoms with Crippen LogP contribution in [0.15, 0.2) is 16.8 Å². The van der Waals surface area contributed by atoms with E-state index in [2.05, 4.69) is 15.6 Å². The highest BCUT2D eigenvalue weighted by molar-refractivity contribution is 5.76. The van der Waals surface area contributed by atoms with E-state index in [1.54, 1.807) is 20.0 Å². The zero-order valence-corrected chi connectivity index (χ0v) is 22.0. The molecular formula is C23H46N8O7. The van der Waals surface area contributed by atoms with Gasteiger partial charge in [-0.1, -0.05) is 0 Å². The van der Waals surface area contributed by atoms with Crippen LogP contribution in [0.4, 0.5) is 0 Å². The van der Waals surface area contributed by atoms with Crippen LogP contribution in [0.5, 0.6) is 0 Å². The van der Waals surface area contributed by atoms with E-state index < -0.39 is 72.5 Å². The smallest absolute Gasteiger partial charge is 0.186 e. The molecule has 38 heavy (non-hydrogen) atoms. The average Bonchev–Trinajstić information content (AvgIpc) is 2.86. The van der Waals surface area contributed by atoms with Crippen molar-refractivity contribution in [2.45, 2.75) is 86.3 Å². The number of nitrogens with one attached hydrogen (secondary N) is 2. The maximum Gasteiger partial charge on any atom is 0.186 e. The Bertz CT molecular complexity index is 830. The van der Waals surface area contributed by atoms with Gasteiger partial charge in [-0.2, -0.15) is 0 Å². The molecule has 2 heterocycles. The quantitative estimate of drug-likeness (QED) is 0.0902. The van der Waals surface area contributed by atoms with Crippen LogP contribution >= 0.6 is 0 Å². The fourth-order valence-electron chi connectivity index (χ4n) is 5.67. The monoisotopic (exact) mass is 546 g/mol. The molecule has 0 spiro atoms. The number of nitrogens with zero attached hydrogens (tertiary/aromatic N) is 1. The molecule has 1 saturated carbocycles. The summed E-state index contributed by atoms with van der Waals surface area (Å²) in [5.41, 5.74) is 28.0. The number of guanidine groups is 1. The Morgan fingerprint density at radius 1 is 1.29 bits per heavy atom. The largest absolute Gasteiger partial charge is 0.491 e. The van der Waals surface area contributed by atoms with Gasteiger partial charge in [0.05, 0.1) is 37.4 Å². The lowest BCUT2D eigenvalue weighted by molar-refractivity contribution is -0.297. The molecule has 0 radical (unpaired) electrons. The number of aliphatic imine (C=N–C) groups is 1. The third-order valence-electron chi connectivity index (χ3n) is 7.62. The van der Waals surface area contributed by atoms with Crippen molar-refractivity contribution in [3.63, 3.8) is 0 Å². The van der Waals surface area contributed by atoms with Gasteiger partial charge in [0.25, 0.3) is 0 Å². The van der Waals surface area contributed by atoms with Gasteiger partial charge >= 0.3 is 0 Å². The van der Waals surface area contributed by atoms with Gasteiger partial charge in [0.1, 0.15) is 29.7 Å². The van der Waals surface area contributed by atoms with E-state index in [1.807, 2.05) is 0 Å². The summed E-state index contributed by atoms with van der Waals surface area (Å²) in [4.78, 5) is 4.30. The van der Waals surface area contributed by atoms with Crippen LogP contribution in [0.25, 0.3) is 0 Å². The summed E-state index contributed by atoms with van der Waals surface area (Å²) in [6.45, 7) is 1.75. The van der Waals surface area contributed by atoms with Gasteiger partial charge < -0.3 is 73.9 Å². The maximum absolute atomic E-state index is 11.7. The number of ether oxygens (including phenoxy) is 3. The predicted molar refractivity (Wildman–Crippen MR) is 139 cm³/mol. The predicted octanol–water partition coefficient (Wildman–Crippen LogP) is -5.31. The Hall–Kier alpha value is -1.63.